The Morgan fingerprint density at radius 2 is 0.648 bits per heavy atom. The van der Waals surface area contributed by atoms with Crippen LogP contribution < -0.4 is 26.2 Å². The van der Waals surface area contributed by atoms with Crippen LogP contribution in [0, 0.1) is 6.85 Å². The molecule has 0 amide bonds. The molecule has 0 spiro atoms. The minimum atomic E-state index is -2.51. The van der Waals surface area contributed by atoms with E-state index < -0.39 is 6.85 Å². The van der Waals surface area contributed by atoms with Crippen LogP contribution in [0.5, 0.6) is 0 Å². The number of anilines is 6. The molecule has 17 aromatic rings. The Morgan fingerprint density at radius 3 is 1.13 bits per heavy atom. The Kier molecular flexibility index (Phi) is 10.6. The van der Waals surface area contributed by atoms with Crippen LogP contribution in [0.4, 0.5) is 34.1 Å². The molecule has 3 aromatic heterocycles. The maximum atomic E-state index is 9.52. The van der Waals surface area contributed by atoms with Gasteiger partial charge in [0.05, 0.1) is 55.8 Å². The van der Waals surface area contributed by atoms with E-state index in [2.05, 4.69) is 333 Å². The molecule has 0 N–H and O–H groups in total. The summed E-state index contributed by atoms with van der Waals surface area (Å²) in [6.45, 7) is -2.86. The summed E-state index contributed by atoms with van der Waals surface area (Å²) in [4.78, 5) is 4.76. The standard InChI is InChI=1S/C85H56BN5/c1-55-51-82-84-83(52-55)90(72-39-17-9-30-61(72)57-27-6-3-7-28-57)81-54-59(87-73-40-18-10-31-63(73)64-32-11-19-41-74(64)87)48-50-70(81)86(84)69-49-47-58(53-80(69)89(82)71-38-16-8-29-60(71)56-25-4-2-5-26-56)62-37-24-46-79(88-75-42-20-12-33-65(75)66-34-13-21-43-76(66)88)85(62)91-77-44-22-14-35-67(77)68-36-15-23-45-78(68)91/h2-54H,1H3/i1D3. The Morgan fingerprint density at radius 1 is 0.264 bits per heavy atom. The van der Waals surface area contributed by atoms with Gasteiger partial charge in [-0.05, 0) is 130 Å². The number of para-hydroxylation sites is 9. The fourth-order valence-corrected chi connectivity index (χ4v) is 15.6. The zero-order valence-corrected chi connectivity index (χ0v) is 49.4. The molecule has 0 fully saturated rings. The molecule has 5 heterocycles. The number of hydrogen-bond acceptors (Lipinski definition) is 2. The predicted octanol–water partition coefficient (Wildman–Crippen LogP) is 20.4. The monoisotopic (exact) mass is 1160 g/mol. The van der Waals surface area contributed by atoms with E-state index in [4.69, 9.17) is 0 Å². The summed E-state index contributed by atoms with van der Waals surface area (Å²) in [6, 6.07) is 116. The van der Waals surface area contributed by atoms with Gasteiger partial charge in [0.2, 0.25) is 0 Å². The van der Waals surface area contributed by atoms with Crippen LogP contribution >= 0.6 is 0 Å². The highest BCUT2D eigenvalue weighted by Gasteiger charge is 2.45. The first-order valence-corrected chi connectivity index (χ1v) is 31.3. The fourth-order valence-electron chi connectivity index (χ4n) is 15.6. The molecule has 5 nitrogen and oxygen atoms in total. The van der Waals surface area contributed by atoms with E-state index in [-0.39, 0.29) is 12.3 Å². The number of fused-ring (bicyclic) bond motifs is 13. The van der Waals surface area contributed by atoms with Gasteiger partial charge >= 0.3 is 0 Å². The average molecular weight is 1160 g/mol. The number of nitrogens with zero attached hydrogens (tertiary/aromatic N) is 5. The highest BCUT2D eigenvalue weighted by molar-refractivity contribution is 7.00. The van der Waals surface area contributed by atoms with Crippen LogP contribution in [-0.4, -0.2) is 20.4 Å². The van der Waals surface area contributed by atoms with E-state index in [1.807, 2.05) is 12.1 Å². The second kappa shape index (κ2) is 20.1. The van der Waals surface area contributed by atoms with Crippen molar-refractivity contribution in [3.05, 3.63) is 327 Å². The highest BCUT2D eigenvalue weighted by atomic mass is 15.2. The zero-order chi connectivity index (χ0) is 62.3. The third-order valence-electron chi connectivity index (χ3n) is 19.3. The molecule has 0 saturated carbocycles. The molecule has 424 valence electrons. The first kappa shape index (κ1) is 48.2. The molecule has 0 atom stereocenters. The van der Waals surface area contributed by atoms with E-state index in [1.165, 1.54) is 32.3 Å². The van der Waals surface area contributed by atoms with Crippen LogP contribution in [0.2, 0.25) is 0 Å². The fraction of sp³-hybridized carbons (Fsp3) is 0.0118. The highest BCUT2D eigenvalue weighted by Crippen LogP contribution is 2.51. The minimum absolute atomic E-state index is 0.249. The van der Waals surface area contributed by atoms with Gasteiger partial charge in [-0.2, -0.15) is 0 Å². The van der Waals surface area contributed by atoms with Gasteiger partial charge in [0.1, 0.15) is 0 Å². The van der Waals surface area contributed by atoms with Crippen molar-refractivity contribution in [3.8, 4) is 50.4 Å². The quantitative estimate of drug-likeness (QED) is 0.141. The number of aromatic nitrogens is 3. The van der Waals surface area contributed by atoms with Crippen molar-refractivity contribution in [1.29, 1.82) is 0 Å². The zero-order valence-electron chi connectivity index (χ0n) is 52.4. The molecule has 0 bridgehead atoms. The topological polar surface area (TPSA) is 21.3 Å². The van der Waals surface area contributed by atoms with Crippen LogP contribution in [0.3, 0.4) is 0 Å². The van der Waals surface area contributed by atoms with E-state index in [1.54, 1.807) is 0 Å². The smallest absolute Gasteiger partial charge is 0.252 e. The van der Waals surface area contributed by atoms with Crippen molar-refractivity contribution in [3.63, 3.8) is 0 Å². The van der Waals surface area contributed by atoms with Gasteiger partial charge in [0.25, 0.3) is 6.71 Å². The van der Waals surface area contributed by atoms with Crippen molar-refractivity contribution in [1.82, 2.24) is 13.7 Å². The summed E-state index contributed by atoms with van der Waals surface area (Å²) in [6.07, 6.45) is 0. The molecular formula is C85H56BN5. The Bertz CT molecular complexity index is 5800. The summed E-state index contributed by atoms with van der Waals surface area (Å²) < 4.78 is 35.9. The van der Waals surface area contributed by atoms with Crippen LogP contribution in [-0.2, 0) is 0 Å². The number of benzene rings is 14. The summed E-state index contributed by atoms with van der Waals surface area (Å²) in [7, 11) is 0. The second-order valence-electron chi connectivity index (χ2n) is 24.1. The van der Waals surface area contributed by atoms with Gasteiger partial charge < -0.3 is 23.5 Å². The van der Waals surface area contributed by atoms with Crippen molar-refractivity contribution in [2.75, 3.05) is 9.80 Å². The van der Waals surface area contributed by atoms with Gasteiger partial charge in [-0.3, -0.25) is 0 Å². The molecule has 0 aliphatic carbocycles. The normalized spacial score (nSPS) is 13.2. The molecular weight excluding hydrogens is 1100 g/mol. The van der Waals surface area contributed by atoms with Crippen molar-refractivity contribution in [2.24, 2.45) is 0 Å². The van der Waals surface area contributed by atoms with Gasteiger partial charge in [-0.15, -0.1) is 0 Å². The van der Waals surface area contributed by atoms with E-state index in [9.17, 15) is 4.11 Å². The summed E-state index contributed by atoms with van der Waals surface area (Å²) in [5.41, 5.74) is 24.8. The predicted molar refractivity (Wildman–Crippen MR) is 385 cm³/mol. The molecule has 2 aliphatic heterocycles. The van der Waals surface area contributed by atoms with Crippen LogP contribution in [0.15, 0.2) is 322 Å². The lowest BCUT2D eigenvalue weighted by Gasteiger charge is -2.45. The van der Waals surface area contributed by atoms with Crippen molar-refractivity contribution >= 4 is 123 Å². The van der Waals surface area contributed by atoms with Crippen molar-refractivity contribution < 1.29 is 4.11 Å². The number of hydrogen-bond donors (Lipinski definition) is 0. The van der Waals surface area contributed by atoms with E-state index in [0.717, 1.165) is 134 Å². The second-order valence-corrected chi connectivity index (χ2v) is 24.1. The van der Waals surface area contributed by atoms with Gasteiger partial charge in [0.15, 0.2) is 0 Å². The Balaban J connectivity index is 0.939. The van der Waals surface area contributed by atoms with Gasteiger partial charge in [-0.25, -0.2) is 0 Å². The lowest BCUT2D eigenvalue weighted by atomic mass is 9.33. The summed E-state index contributed by atoms with van der Waals surface area (Å²) >= 11 is 0. The maximum Gasteiger partial charge on any atom is 0.252 e. The van der Waals surface area contributed by atoms with Gasteiger partial charge in [0, 0.05) is 81.6 Å². The Hall–Kier alpha value is -11.9. The summed E-state index contributed by atoms with van der Waals surface area (Å²) in [5.74, 6) is 0. The first-order chi connectivity index (χ1) is 46.3. The SMILES string of the molecule is [2H]C([2H])([2H])c1cc2c3c(c1)N(c1ccccc1-c1ccccc1)c1cc(-n4c5ccccc5c5ccccc54)ccc1B3c1ccc(-c3cccc(-n4c5ccccc5c5ccccc54)c3-n3c4ccccc4c4ccccc43)cc1N2c1ccccc1-c1ccccc1. The number of aryl methyl sites for hydroxylation is 1. The first-order valence-electron chi connectivity index (χ1n) is 32.8. The summed E-state index contributed by atoms with van der Waals surface area (Å²) in [5, 5.41) is 7.06. The van der Waals surface area contributed by atoms with E-state index in [0.29, 0.717) is 0 Å². The maximum absolute atomic E-state index is 9.52. The molecule has 0 radical (unpaired) electrons. The third kappa shape index (κ3) is 7.60. The third-order valence-corrected chi connectivity index (χ3v) is 19.3. The molecule has 2 aliphatic rings. The largest absolute Gasteiger partial charge is 0.311 e. The lowest BCUT2D eigenvalue weighted by molar-refractivity contribution is 1.10. The van der Waals surface area contributed by atoms with Crippen molar-refractivity contribution in [2.45, 2.75) is 6.85 Å². The Labute approximate surface area is 531 Å². The van der Waals surface area contributed by atoms with Crippen LogP contribution in [0.1, 0.15) is 9.68 Å². The molecule has 91 heavy (non-hydrogen) atoms. The molecule has 19 rings (SSSR count). The molecule has 14 aromatic carbocycles. The molecule has 0 unspecified atom stereocenters. The van der Waals surface area contributed by atoms with Gasteiger partial charge in [-0.1, -0.05) is 237 Å². The lowest BCUT2D eigenvalue weighted by Crippen LogP contribution is -2.61. The minimum Gasteiger partial charge on any atom is -0.311 e. The van der Waals surface area contributed by atoms with Crippen LogP contribution in [0.25, 0.3) is 116 Å². The average Bonchev–Trinajstić information content (AvgIpc) is 0.945. The number of rotatable bonds is 8. The molecule has 6 heteroatoms. The van der Waals surface area contributed by atoms with E-state index >= 15 is 0 Å². The molecule has 0 saturated heterocycles.